The molecule has 2 aliphatic carbocycles. The summed E-state index contributed by atoms with van der Waals surface area (Å²) in [5.74, 6) is 1.58. The van der Waals surface area contributed by atoms with E-state index in [1.807, 2.05) is 0 Å². The number of aryl methyl sites for hydroxylation is 3. The van der Waals surface area contributed by atoms with Crippen LogP contribution < -0.4 is 4.90 Å². The first-order chi connectivity index (χ1) is 16.9. The maximum Gasteiger partial charge on any atom is 0.0467 e. The van der Waals surface area contributed by atoms with E-state index < -0.39 is 0 Å². The van der Waals surface area contributed by atoms with E-state index in [0.717, 1.165) is 32.2 Å². The minimum absolute atomic E-state index is 0.777. The Hall–Kier alpha value is -2.36. The van der Waals surface area contributed by atoms with Gasteiger partial charge in [-0.2, -0.15) is 0 Å². The molecule has 0 amide bonds. The Balaban J connectivity index is 1.47. The number of anilines is 3. The molecule has 0 saturated heterocycles. The van der Waals surface area contributed by atoms with Crippen LogP contribution in [0.15, 0.2) is 81.7 Å². The van der Waals surface area contributed by atoms with Crippen molar-refractivity contribution in [2.24, 2.45) is 0 Å². The molecule has 3 heteroatoms. The SMILES string of the molecule is Cc1cc(N(c2ccc(Br)cc2)c2ccc(Br)cc2)cc(C)c1-c1cc(C)c2c(c1)C1CCC2C1. The number of halogens is 2. The highest BCUT2D eigenvalue weighted by Gasteiger charge is 2.38. The third kappa shape index (κ3) is 4.07. The third-order valence-corrected chi connectivity index (χ3v) is 8.99. The van der Waals surface area contributed by atoms with E-state index in [9.17, 15) is 0 Å². The minimum Gasteiger partial charge on any atom is -0.310 e. The minimum atomic E-state index is 0.777. The maximum atomic E-state index is 3.59. The lowest BCUT2D eigenvalue weighted by Crippen LogP contribution is -2.11. The Morgan fingerprint density at radius 2 is 1.17 bits per heavy atom. The second-order valence-electron chi connectivity index (χ2n) is 10.2. The predicted octanol–water partition coefficient (Wildman–Crippen LogP) is 10.6. The highest BCUT2D eigenvalue weighted by atomic mass is 79.9. The van der Waals surface area contributed by atoms with Crippen LogP contribution in [-0.4, -0.2) is 0 Å². The standard InChI is InChI=1S/C32H29Br2N/c1-19-14-24(18-30-22-4-5-23(17-22)32(19)30)31-20(2)15-29(16-21(31)3)35(27-10-6-25(33)7-11-27)28-12-8-26(34)9-13-28/h6-16,18,22-23H,4-5,17H2,1-3H3. The monoisotopic (exact) mass is 585 g/mol. The van der Waals surface area contributed by atoms with E-state index in [1.54, 1.807) is 11.1 Å². The second-order valence-corrected chi connectivity index (χ2v) is 12.1. The fourth-order valence-corrected chi connectivity index (χ4v) is 7.07. The molecule has 0 radical (unpaired) electrons. The first kappa shape index (κ1) is 23.1. The number of rotatable bonds is 4. The number of nitrogens with zero attached hydrogens (tertiary/aromatic N) is 1. The molecule has 4 aromatic rings. The van der Waals surface area contributed by atoms with E-state index in [4.69, 9.17) is 0 Å². The molecule has 0 spiro atoms. The van der Waals surface area contributed by atoms with Crippen molar-refractivity contribution in [3.05, 3.63) is 110 Å². The molecule has 0 aliphatic heterocycles. The van der Waals surface area contributed by atoms with Crippen LogP contribution in [0.1, 0.15) is 58.9 Å². The third-order valence-electron chi connectivity index (χ3n) is 7.93. The Bertz CT molecular complexity index is 1350. The molecule has 0 N–H and O–H groups in total. The van der Waals surface area contributed by atoms with Crippen LogP contribution in [0.2, 0.25) is 0 Å². The van der Waals surface area contributed by atoms with Gasteiger partial charge in [-0.1, -0.05) is 44.0 Å². The molecule has 2 atom stereocenters. The predicted molar refractivity (Wildman–Crippen MR) is 156 cm³/mol. The van der Waals surface area contributed by atoms with Crippen LogP contribution in [0.25, 0.3) is 11.1 Å². The Labute approximate surface area is 225 Å². The summed E-state index contributed by atoms with van der Waals surface area (Å²) in [6.07, 6.45) is 4.12. The molecule has 1 fully saturated rings. The molecule has 2 unspecified atom stereocenters. The quantitative estimate of drug-likeness (QED) is 0.230. The molecule has 35 heavy (non-hydrogen) atoms. The lowest BCUT2D eigenvalue weighted by molar-refractivity contribution is 0.714. The van der Waals surface area contributed by atoms with Crippen molar-refractivity contribution < 1.29 is 0 Å². The van der Waals surface area contributed by atoms with Gasteiger partial charge >= 0.3 is 0 Å². The summed E-state index contributed by atoms with van der Waals surface area (Å²) >= 11 is 7.18. The molecule has 1 saturated carbocycles. The van der Waals surface area contributed by atoms with Crippen molar-refractivity contribution in [3.8, 4) is 11.1 Å². The number of hydrogen-bond donors (Lipinski definition) is 0. The molecule has 176 valence electrons. The highest BCUT2D eigenvalue weighted by Crippen LogP contribution is 2.55. The number of fused-ring (bicyclic) bond motifs is 5. The van der Waals surface area contributed by atoms with Crippen molar-refractivity contribution in [1.29, 1.82) is 0 Å². The van der Waals surface area contributed by atoms with E-state index in [1.165, 1.54) is 52.8 Å². The van der Waals surface area contributed by atoms with Gasteiger partial charge in [0.05, 0.1) is 0 Å². The number of hydrogen-bond acceptors (Lipinski definition) is 1. The smallest absolute Gasteiger partial charge is 0.0467 e. The van der Waals surface area contributed by atoms with Gasteiger partial charge in [-0.3, -0.25) is 0 Å². The van der Waals surface area contributed by atoms with Gasteiger partial charge in [0.1, 0.15) is 0 Å². The van der Waals surface area contributed by atoms with E-state index >= 15 is 0 Å². The lowest BCUT2D eigenvalue weighted by atomic mass is 9.84. The molecular formula is C32H29Br2N. The van der Waals surface area contributed by atoms with Gasteiger partial charge in [0, 0.05) is 26.0 Å². The fourth-order valence-electron chi connectivity index (χ4n) is 6.54. The summed E-state index contributed by atoms with van der Waals surface area (Å²) in [5, 5.41) is 0. The Morgan fingerprint density at radius 1 is 0.629 bits per heavy atom. The Morgan fingerprint density at radius 3 is 1.74 bits per heavy atom. The largest absolute Gasteiger partial charge is 0.310 e. The van der Waals surface area contributed by atoms with Crippen molar-refractivity contribution >= 4 is 48.9 Å². The zero-order valence-electron chi connectivity index (χ0n) is 20.4. The lowest BCUT2D eigenvalue weighted by Gasteiger charge is -2.27. The first-order valence-electron chi connectivity index (χ1n) is 12.5. The summed E-state index contributed by atoms with van der Waals surface area (Å²) < 4.78 is 2.17. The van der Waals surface area contributed by atoms with Gasteiger partial charge in [-0.05, 0) is 151 Å². The van der Waals surface area contributed by atoms with E-state index in [-0.39, 0.29) is 0 Å². The van der Waals surface area contributed by atoms with Crippen LogP contribution >= 0.6 is 31.9 Å². The molecule has 1 nitrogen and oxygen atoms in total. The van der Waals surface area contributed by atoms with Gasteiger partial charge in [0.2, 0.25) is 0 Å². The van der Waals surface area contributed by atoms with E-state index in [0.29, 0.717) is 0 Å². The van der Waals surface area contributed by atoms with Crippen molar-refractivity contribution in [2.75, 3.05) is 4.90 Å². The van der Waals surface area contributed by atoms with Crippen molar-refractivity contribution in [1.82, 2.24) is 0 Å². The number of benzene rings is 4. The molecular weight excluding hydrogens is 558 g/mol. The normalized spacial score (nSPS) is 18.1. The summed E-state index contributed by atoms with van der Waals surface area (Å²) in [5.41, 5.74) is 13.7. The average molecular weight is 587 g/mol. The highest BCUT2D eigenvalue weighted by molar-refractivity contribution is 9.10. The summed E-state index contributed by atoms with van der Waals surface area (Å²) in [6, 6.07) is 26.8. The Kier molecular flexibility index (Phi) is 5.89. The van der Waals surface area contributed by atoms with Gasteiger partial charge in [-0.25, -0.2) is 0 Å². The van der Waals surface area contributed by atoms with Crippen LogP contribution in [0, 0.1) is 20.8 Å². The molecule has 0 aromatic heterocycles. The van der Waals surface area contributed by atoms with Gasteiger partial charge in [-0.15, -0.1) is 0 Å². The van der Waals surface area contributed by atoms with Gasteiger partial charge in [0.15, 0.2) is 0 Å². The molecule has 6 rings (SSSR count). The molecule has 0 heterocycles. The molecule has 4 aromatic carbocycles. The fraction of sp³-hybridized carbons (Fsp3) is 0.250. The van der Waals surface area contributed by atoms with Crippen LogP contribution in [0.3, 0.4) is 0 Å². The van der Waals surface area contributed by atoms with E-state index in [2.05, 4.69) is 130 Å². The second kappa shape index (κ2) is 8.94. The maximum absolute atomic E-state index is 3.59. The average Bonchev–Trinajstić information content (AvgIpc) is 3.44. The zero-order valence-corrected chi connectivity index (χ0v) is 23.6. The van der Waals surface area contributed by atoms with Crippen molar-refractivity contribution in [3.63, 3.8) is 0 Å². The van der Waals surface area contributed by atoms with Crippen molar-refractivity contribution in [2.45, 2.75) is 51.9 Å². The zero-order chi connectivity index (χ0) is 24.3. The van der Waals surface area contributed by atoms with Crippen LogP contribution in [0.5, 0.6) is 0 Å². The molecule has 2 bridgehead atoms. The van der Waals surface area contributed by atoms with Crippen LogP contribution in [0.4, 0.5) is 17.1 Å². The van der Waals surface area contributed by atoms with Gasteiger partial charge < -0.3 is 4.90 Å². The summed E-state index contributed by atoms with van der Waals surface area (Å²) in [7, 11) is 0. The van der Waals surface area contributed by atoms with Crippen LogP contribution in [-0.2, 0) is 0 Å². The summed E-state index contributed by atoms with van der Waals surface area (Å²) in [6.45, 7) is 6.86. The van der Waals surface area contributed by atoms with Gasteiger partial charge in [0.25, 0.3) is 0 Å². The molecule has 2 aliphatic rings. The summed E-state index contributed by atoms with van der Waals surface area (Å²) in [4.78, 5) is 2.34. The topological polar surface area (TPSA) is 3.24 Å². The first-order valence-corrected chi connectivity index (χ1v) is 14.0.